The van der Waals surface area contributed by atoms with Crippen LogP contribution < -0.4 is 0 Å². The Labute approximate surface area is 86.1 Å². The Balaban J connectivity index is 0.000000845. The van der Waals surface area contributed by atoms with Crippen molar-refractivity contribution in [1.82, 2.24) is 4.90 Å². The maximum Gasteiger partial charge on any atom is 0.136 e. The molecule has 0 unspecified atom stereocenters. The standard InChI is InChI=1S/C10H17NO.ClH/c1-8-6-10(12)7-9-4-2-3-5-11(8)9;/h8-9H,2-7H2,1H3;1H/t8-,9+;/m0./s1. The molecular weight excluding hydrogens is 186 g/mol. The minimum atomic E-state index is 0. The summed E-state index contributed by atoms with van der Waals surface area (Å²) in [5.41, 5.74) is 0. The maximum absolute atomic E-state index is 11.3. The van der Waals surface area contributed by atoms with E-state index in [9.17, 15) is 4.79 Å². The summed E-state index contributed by atoms with van der Waals surface area (Å²) < 4.78 is 0. The summed E-state index contributed by atoms with van der Waals surface area (Å²) in [4.78, 5) is 13.8. The van der Waals surface area contributed by atoms with Gasteiger partial charge in [-0.05, 0) is 26.3 Å². The van der Waals surface area contributed by atoms with E-state index in [-0.39, 0.29) is 12.4 Å². The van der Waals surface area contributed by atoms with Crippen LogP contribution in [0.4, 0.5) is 0 Å². The molecule has 2 nitrogen and oxygen atoms in total. The molecule has 0 radical (unpaired) electrons. The number of hydrogen-bond donors (Lipinski definition) is 0. The summed E-state index contributed by atoms with van der Waals surface area (Å²) in [6, 6.07) is 1.10. The molecule has 2 heterocycles. The third kappa shape index (κ3) is 2.23. The topological polar surface area (TPSA) is 20.3 Å². The van der Waals surface area contributed by atoms with Gasteiger partial charge in [-0.3, -0.25) is 9.69 Å². The largest absolute Gasteiger partial charge is 0.300 e. The summed E-state index contributed by atoms with van der Waals surface area (Å²) in [7, 11) is 0. The molecule has 0 aliphatic carbocycles. The number of ketones is 1. The fraction of sp³-hybridized carbons (Fsp3) is 0.900. The molecule has 0 aromatic carbocycles. The fourth-order valence-corrected chi connectivity index (χ4v) is 2.62. The zero-order valence-corrected chi connectivity index (χ0v) is 8.98. The first-order valence-corrected chi connectivity index (χ1v) is 5.05. The lowest BCUT2D eigenvalue weighted by Gasteiger charge is -2.42. The molecule has 0 aromatic heterocycles. The molecule has 2 atom stereocenters. The minimum Gasteiger partial charge on any atom is -0.300 e. The number of carbonyl (C=O) groups is 1. The van der Waals surface area contributed by atoms with Gasteiger partial charge in [-0.15, -0.1) is 12.4 Å². The van der Waals surface area contributed by atoms with Gasteiger partial charge in [0.2, 0.25) is 0 Å². The van der Waals surface area contributed by atoms with Crippen molar-refractivity contribution < 1.29 is 4.79 Å². The van der Waals surface area contributed by atoms with E-state index in [4.69, 9.17) is 0 Å². The van der Waals surface area contributed by atoms with E-state index in [0.29, 0.717) is 17.9 Å². The van der Waals surface area contributed by atoms with E-state index < -0.39 is 0 Å². The van der Waals surface area contributed by atoms with Gasteiger partial charge in [0.05, 0.1) is 0 Å². The summed E-state index contributed by atoms with van der Waals surface area (Å²) in [5.74, 6) is 0.477. The van der Waals surface area contributed by atoms with Crippen LogP contribution in [0, 0.1) is 0 Å². The van der Waals surface area contributed by atoms with Crippen LogP contribution in [0.25, 0.3) is 0 Å². The molecule has 0 spiro atoms. The van der Waals surface area contributed by atoms with Gasteiger partial charge in [0, 0.05) is 24.9 Å². The highest BCUT2D eigenvalue weighted by Gasteiger charge is 2.33. The van der Waals surface area contributed by atoms with Crippen molar-refractivity contribution in [2.45, 2.75) is 51.1 Å². The monoisotopic (exact) mass is 203 g/mol. The molecule has 0 saturated carbocycles. The Morgan fingerprint density at radius 3 is 2.85 bits per heavy atom. The van der Waals surface area contributed by atoms with Crippen molar-refractivity contribution in [3.8, 4) is 0 Å². The summed E-state index contributed by atoms with van der Waals surface area (Å²) in [6.07, 6.45) is 5.51. The first kappa shape index (κ1) is 11.0. The minimum absolute atomic E-state index is 0. The highest BCUT2D eigenvalue weighted by molar-refractivity contribution is 5.85. The van der Waals surface area contributed by atoms with E-state index >= 15 is 0 Å². The van der Waals surface area contributed by atoms with Crippen molar-refractivity contribution in [1.29, 1.82) is 0 Å². The molecule has 2 saturated heterocycles. The molecule has 2 fully saturated rings. The van der Waals surface area contributed by atoms with Crippen LogP contribution in [0.3, 0.4) is 0 Å². The lowest BCUT2D eigenvalue weighted by molar-refractivity contribution is -0.125. The summed E-state index contributed by atoms with van der Waals surface area (Å²) in [5, 5.41) is 0. The van der Waals surface area contributed by atoms with Gasteiger partial charge >= 0.3 is 0 Å². The first-order chi connectivity index (χ1) is 5.77. The van der Waals surface area contributed by atoms with Crippen LogP contribution in [0.2, 0.25) is 0 Å². The maximum atomic E-state index is 11.3. The van der Waals surface area contributed by atoms with Crippen molar-refractivity contribution in [2.24, 2.45) is 0 Å². The van der Waals surface area contributed by atoms with Gasteiger partial charge in [-0.1, -0.05) is 6.42 Å². The number of Topliss-reactive ketones (excluding diaryl/α,β-unsaturated/α-hetero) is 1. The average Bonchev–Trinajstić information content (AvgIpc) is 2.04. The molecule has 0 N–H and O–H groups in total. The van der Waals surface area contributed by atoms with Crippen LogP contribution in [0.15, 0.2) is 0 Å². The molecule has 0 amide bonds. The highest BCUT2D eigenvalue weighted by atomic mass is 35.5. The van der Waals surface area contributed by atoms with Gasteiger partial charge in [-0.2, -0.15) is 0 Å². The van der Waals surface area contributed by atoms with Crippen LogP contribution in [0.5, 0.6) is 0 Å². The average molecular weight is 204 g/mol. The molecule has 2 aliphatic rings. The fourth-order valence-electron chi connectivity index (χ4n) is 2.62. The Morgan fingerprint density at radius 2 is 2.08 bits per heavy atom. The van der Waals surface area contributed by atoms with Crippen LogP contribution in [0.1, 0.15) is 39.0 Å². The van der Waals surface area contributed by atoms with E-state index in [2.05, 4.69) is 11.8 Å². The van der Waals surface area contributed by atoms with Gasteiger partial charge < -0.3 is 0 Å². The molecule has 0 aromatic rings. The zero-order valence-electron chi connectivity index (χ0n) is 8.16. The van der Waals surface area contributed by atoms with Gasteiger partial charge in [-0.25, -0.2) is 0 Å². The highest BCUT2D eigenvalue weighted by Crippen LogP contribution is 2.27. The lowest BCUT2D eigenvalue weighted by atomic mass is 9.89. The molecular formula is C10H18ClNO. The first-order valence-electron chi connectivity index (χ1n) is 5.05. The van der Waals surface area contributed by atoms with Crippen molar-refractivity contribution in [3.05, 3.63) is 0 Å². The molecule has 3 heteroatoms. The van der Waals surface area contributed by atoms with Crippen LogP contribution in [-0.2, 0) is 4.79 Å². The summed E-state index contributed by atoms with van der Waals surface area (Å²) >= 11 is 0. The number of piperidine rings is 2. The third-order valence-corrected chi connectivity index (χ3v) is 3.23. The molecule has 2 rings (SSSR count). The number of nitrogens with zero attached hydrogens (tertiary/aromatic N) is 1. The number of halogens is 1. The number of fused-ring (bicyclic) bond motifs is 1. The SMILES string of the molecule is C[C@H]1CC(=O)C[C@H]2CCCCN21.Cl. The van der Waals surface area contributed by atoms with E-state index in [0.717, 1.165) is 12.8 Å². The van der Waals surface area contributed by atoms with Crippen molar-refractivity contribution >= 4 is 18.2 Å². The van der Waals surface area contributed by atoms with Crippen LogP contribution >= 0.6 is 12.4 Å². The molecule has 2 aliphatic heterocycles. The predicted octanol–water partition coefficient (Wildman–Crippen LogP) is 2.01. The zero-order chi connectivity index (χ0) is 8.55. The Morgan fingerprint density at radius 1 is 1.31 bits per heavy atom. The van der Waals surface area contributed by atoms with Gasteiger partial charge in [0.15, 0.2) is 0 Å². The number of carbonyl (C=O) groups excluding carboxylic acids is 1. The molecule has 0 bridgehead atoms. The van der Waals surface area contributed by atoms with Gasteiger partial charge in [0.1, 0.15) is 5.78 Å². The van der Waals surface area contributed by atoms with E-state index in [1.807, 2.05) is 0 Å². The Hall–Kier alpha value is -0.0800. The Kier molecular flexibility index (Phi) is 3.74. The van der Waals surface area contributed by atoms with E-state index in [1.165, 1.54) is 25.8 Å². The van der Waals surface area contributed by atoms with Crippen molar-refractivity contribution in [3.63, 3.8) is 0 Å². The number of hydrogen-bond acceptors (Lipinski definition) is 2. The normalized spacial score (nSPS) is 35.0. The second-order valence-electron chi connectivity index (χ2n) is 4.18. The predicted molar refractivity (Wildman–Crippen MR) is 55.3 cm³/mol. The lowest BCUT2D eigenvalue weighted by Crippen LogP contribution is -2.50. The second-order valence-corrected chi connectivity index (χ2v) is 4.18. The third-order valence-electron chi connectivity index (χ3n) is 3.23. The van der Waals surface area contributed by atoms with Gasteiger partial charge in [0.25, 0.3) is 0 Å². The summed E-state index contributed by atoms with van der Waals surface area (Å²) in [6.45, 7) is 3.41. The smallest absolute Gasteiger partial charge is 0.136 e. The number of rotatable bonds is 0. The Bertz CT molecular complexity index is 195. The van der Waals surface area contributed by atoms with E-state index in [1.54, 1.807) is 0 Å². The second kappa shape index (κ2) is 4.43. The van der Waals surface area contributed by atoms with Crippen molar-refractivity contribution in [2.75, 3.05) is 6.54 Å². The quantitative estimate of drug-likeness (QED) is 0.601. The molecule has 76 valence electrons. The van der Waals surface area contributed by atoms with Crippen LogP contribution in [-0.4, -0.2) is 29.3 Å². The molecule has 13 heavy (non-hydrogen) atoms.